The van der Waals surface area contributed by atoms with Crippen LogP contribution in [0.25, 0.3) is 0 Å². The van der Waals surface area contributed by atoms with E-state index in [0.717, 1.165) is 31.0 Å². The van der Waals surface area contributed by atoms with Gasteiger partial charge in [-0.1, -0.05) is 18.2 Å². The summed E-state index contributed by atoms with van der Waals surface area (Å²) in [5.74, 6) is 1.60. The van der Waals surface area contributed by atoms with Crippen LogP contribution in [0.3, 0.4) is 0 Å². The number of carbonyl (C=O) groups excluding carboxylic acids is 1. The van der Waals surface area contributed by atoms with Crippen molar-refractivity contribution in [2.45, 2.75) is 23.8 Å². The molecule has 0 unspecified atom stereocenters. The van der Waals surface area contributed by atoms with Gasteiger partial charge in [0.2, 0.25) is 0 Å². The Labute approximate surface area is 152 Å². The smallest absolute Gasteiger partial charge is 0.251 e. The molecule has 1 heterocycles. The highest BCUT2D eigenvalue weighted by atomic mass is 32.2. The van der Waals surface area contributed by atoms with Crippen LogP contribution in [0.5, 0.6) is 5.75 Å². The zero-order valence-corrected chi connectivity index (χ0v) is 15.0. The molecule has 1 aliphatic rings. The summed E-state index contributed by atoms with van der Waals surface area (Å²) < 4.78 is 11.2. The molecule has 2 aromatic carbocycles. The molecule has 3 rings (SSSR count). The summed E-state index contributed by atoms with van der Waals surface area (Å²) in [4.78, 5) is 13.4. The van der Waals surface area contributed by atoms with Crippen molar-refractivity contribution in [3.63, 3.8) is 0 Å². The van der Waals surface area contributed by atoms with E-state index in [1.165, 1.54) is 4.90 Å². The van der Waals surface area contributed by atoms with Gasteiger partial charge in [-0.05, 0) is 49.2 Å². The van der Waals surface area contributed by atoms with Gasteiger partial charge in [-0.25, -0.2) is 0 Å². The lowest BCUT2D eigenvalue weighted by Crippen LogP contribution is -2.31. The van der Waals surface area contributed by atoms with Gasteiger partial charge in [-0.15, -0.1) is 11.8 Å². The maximum atomic E-state index is 12.1. The third-order valence-electron chi connectivity index (χ3n) is 3.99. The minimum Gasteiger partial charge on any atom is -0.493 e. The Morgan fingerprint density at radius 1 is 1.16 bits per heavy atom. The van der Waals surface area contributed by atoms with E-state index in [2.05, 4.69) is 17.4 Å². The summed E-state index contributed by atoms with van der Waals surface area (Å²) in [5.41, 5.74) is 0.643. The topological polar surface area (TPSA) is 47.6 Å². The van der Waals surface area contributed by atoms with E-state index < -0.39 is 0 Å². The SMILES string of the molecule is O=C(NC[C@@H]1CCCO1)c1ccc(OCCSc2ccccc2)cc1. The average molecular weight is 357 g/mol. The van der Waals surface area contributed by atoms with Gasteiger partial charge in [0.15, 0.2) is 0 Å². The van der Waals surface area contributed by atoms with E-state index in [1.54, 1.807) is 23.9 Å². The molecule has 1 amide bonds. The number of amides is 1. The molecule has 1 aliphatic heterocycles. The number of thioether (sulfide) groups is 1. The summed E-state index contributed by atoms with van der Waals surface area (Å²) >= 11 is 1.77. The molecule has 2 aromatic rings. The molecular weight excluding hydrogens is 334 g/mol. The first-order chi connectivity index (χ1) is 12.3. The van der Waals surface area contributed by atoms with Crippen LogP contribution in [0.2, 0.25) is 0 Å². The molecule has 0 spiro atoms. The quantitative estimate of drug-likeness (QED) is 0.577. The van der Waals surface area contributed by atoms with Gasteiger partial charge >= 0.3 is 0 Å². The molecule has 25 heavy (non-hydrogen) atoms. The summed E-state index contributed by atoms with van der Waals surface area (Å²) in [7, 11) is 0. The Bertz CT molecular complexity index is 654. The van der Waals surface area contributed by atoms with Crippen molar-refractivity contribution in [1.82, 2.24) is 5.32 Å². The Morgan fingerprint density at radius 3 is 2.68 bits per heavy atom. The summed E-state index contributed by atoms with van der Waals surface area (Å²) in [5, 5.41) is 2.92. The maximum Gasteiger partial charge on any atom is 0.251 e. The number of hydrogen-bond acceptors (Lipinski definition) is 4. The third-order valence-corrected chi connectivity index (χ3v) is 4.97. The Balaban J connectivity index is 1.38. The number of hydrogen-bond donors (Lipinski definition) is 1. The number of ether oxygens (including phenoxy) is 2. The molecule has 4 nitrogen and oxygen atoms in total. The Kier molecular flexibility index (Phi) is 6.77. The van der Waals surface area contributed by atoms with E-state index >= 15 is 0 Å². The van der Waals surface area contributed by atoms with Crippen molar-refractivity contribution in [3.8, 4) is 5.75 Å². The van der Waals surface area contributed by atoms with E-state index in [0.29, 0.717) is 18.7 Å². The van der Waals surface area contributed by atoms with Gasteiger partial charge in [-0.3, -0.25) is 4.79 Å². The van der Waals surface area contributed by atoms with E-state index in [-0.39, 0.29) is 12.0 Å². The highest BCUT2D eigenvalue weighted by Gasteiger charge is 2.16. The number of rotatable bonds is 8. The first-order valence-electron chi connectivity index (χ1n) is 8.62. The van der Waals surface area contributed by atoms with Gasteiger partial charge in [0.05, 0.1) is 12.7 Å². The van der Waals surface area contributed by atoms with Crippen LogP contribution in [-0.2, 0) is 4.74 Å². The predicted octanol–water partition coefficient (Wildman–Crippen LogP) is 3.77. The standard InChI is InChI=1S/C20H23NO3S/c22-20(21-15-18-5-4-12-23-18)16-8-10-17(11-9-16)24-13-14-25-19-6-2-1-3-7-19/h1-3,6-11,18H,4-5,12-15H2,(H,21,22)/t18-/m0/s1. The molecule has 0 aromatic heterocycles. The molecule has 0 saturated carbocycles. The lowest BCUT2D eigenvalue weighted by molar-refractivity contribution is 0.0858. The lowest BCUT2D eigenvalue weighted by atomic mass is 10.2. The number of benzene rings is 2. The Morgan fingerprint density at radius 2 is 1.96 bits per heavy atom. The minimum atomic E-state index is -0.0679. The van der Waals surface area contributed by atoms with Crippen molar-refractivity contribution < 1.29 is 14.3 Å². The van der Waals surface area contributed by atoms with Crippen molar-refractivity contribution in [2.24, 2.45) is 0 Å². The average Bonchev–Trinajstić information content (AvgIpc) is 3.18. The first kappa shape index (κ1) is 17.8. The van der Waals surface area contributed by atoms with Crippen LogP contribution in [0.15, 0.2) is 59.5 Å². The molecule has 1 saturated heterocycles. The highest BCUT2D eigenvalue weighted by Crippen LogP contribution is 2.18. The molecule has 0 aliphatic carbocycles. The molecule has 5 heteroatoms. The third kappa shape index (κ3) is 5.80. The zero-order chi connectivity index (χ0) is 17.3. The van der Waals surface area contributed by atoms with Crippen LogP contribution >= 0.6 is 11.8 Å². The predicted molar refractivity (Wildman–Crippen MR) is 100 cm³/mol. The van der Waals surface area contributed by atoms with E-state index in [4.69, 9.17) is 9.47 Å². The molecule has 132 valence electrons. The molecule has 1 fully saturated rings. The molecular formula is C20H23NO3S. The van der Waals surface area contributed by atoms with Crippen LogP contribution in [0.1, 0.15) is 23.2 Å². The second kappa shape index (κ2) is 9.49. The van der Waals surface area contributed by atoms with E-state index in [9.17, 15) is 4.79 Å². The van der Waals surface area contributed by atoms with Gasteiger partial charge in [-0.2, -0.15) is 0 Å². The van der Waals surface area contributed by atoms with Crippen molar-refractivity contribution in [2.75, 3.05) is 25.5 Å². The summed E-state index contributed by atoms with van der Waals surface area (Å²) in [6, 6.07) is 17.5. The molecule has 0 radical (unpaired) electrons. The van der Waals surface area contributed by atoms with Crippen LogP contribution in [0, 0.1) is 0 Å². The number of carbonyl (C=O) groups is 1. The number of nitrogens with one attached hydrogen (secondary N) is 1. The lowest BCUT2D eigenvalue weighted by Gasteiger charge is -2.11. The Hall–Kier alpha value is -1.98. The summed E-state index contributed by atoms with van der Waals surface area (Å²) in [6.07, 6.45) is 2.26. The molecule has 1 N–H and O–H groups in total. The van der Waals surface area contributed by atoms with Crippen molar-refractivity contribution >= 4 is 17.7 Å². The van der Waals surface area contributed by atoms with Crippen LogP contribution in [-0.4, -0.2) is 37.5 Å². The fourth-order valence-corrected chi connectivity index (χ4v) is 3.40. The van der Waals surface area contributed by atoms with Gasteiger partial charge in [0, 0.05) is 29.4 Å². The van der Waals surface area contributed by atoms with Crippen LogP contribution < -0.4 is 10.1 Å². The minimum absolute atomic E-state index is 0.0679. The van der Waals surface area contributed by atoms with E-state index in [1.807, 2.05) is 30.3 Å². The largest absolute Gasteiger partial charge is 0.493 e. The molecule has 1 atom stereocenters. The fraction of sp³-hybridized carbons (Fsp3) is 0.350. The summed E-state index contributed by atoms with van der Waals surface area (Å²) in [6.45, 7) is 2.01. The first-order valence-corrected chi connectivity index (χ1v) is 9.60. The van der Waals surface area contributed by atoms with Crippen molar-refractivity contribution in [3.05, 3.63) is 60.2 Å². The normalized spacial score (nSPS) is 16.6. The van der Waals surface area contributed by atoms with Crippen LogP contribution in [0.4, 0.5) is 0 Å². The monoisotopic (exact) mass is 357 g/mol. The zero-order valence-electron chi connectivity index (χ0n) is 14.1. The van der Waals surface area contributed by atoms with Crippen molar-refractivity contribution in [1.29, 1.82) is 0 Å². The second-order valence-corrected chi connectivity index (χ2v) is 7.05. The molecule has 0 bridgehead atoms. The second-order valence-electron chi connectivity index (χ2n) is 5.88. The maximum absolute atomic E-state index is 12.1. The van der Waals surface area contributed by atoms with Gasteiger partial charge < -0.3 is 14.8 Å². The van der Waals surface area contributed by atoms with Gasteiger partial charge in [0.25, 0.3) is 5.91 Å². The highest BCUT2D eigenvalue weighted by molar-refractivity contribution is 7.99. The fourth-order valence-electron chi connectivity index (χ4n) is 2.65. The van der Waals surface area contributed by atoms with Gasteiger partial charge in [0.1, 0.15) is 5.75 Å².